The van der Waals surface area contributed by atoms with Gasteiger partial charge in [0, 0.05) is 10.4 Å². The number of aryl methyl sites for hydroxylation is 1. The first-order valence-electron chi connectivity index (χ1n) is 5.76. The first-order valence-corrected chi connectivity index (χ1v) is 6.99. The summed E-state index contributed by atoms with van der Waals surface area (Å²) in [5, 5.41) is 9.93. The van der Waals surface area contributed by atoms with Crippen LogP contribution in [-0.2, 0) is 12.8 Å². The molecule has 3 heterocycles. The summed E-state index contributed by atoms with van der Waals surface area (Å²) in [6, 6.07) is 0. The highest BCUT2D eigenvalue weighted by Crippen LogP contribution is 2.47. The summed E-state index contributed by atoms with van der Waals surface area (Å²) in [6.07, 6.45) is 6.66. The number of rotatable bonds is 0. The molecule has 1 atom stereocenters. The summed E-state index contributed by atoms with van der Waals surface area (Å²) in [4.78, 5) is 7.88. The van der Waals surface area contributed by atoms with Crippen LogP contribution >= 0.6 is 23.6 Å². The maximum absolute atomic E-state index is 5.15. The number of thiocarbonyl (C=S) groups is 1. The van der Waals surface area contributed by atoms with Crippen LogP contribution in [0.25, 0.3) is 0 Å². The van der Waals surface area contributed by atoms with Gasteiger partial charge in [-0.15, -0.1) is 16.5 Å². The average Bonchev–Trinajstić information content (AvgIpc) is 2.90. The van der Waals surface area contributed by atoms with Crippen molar-refractivity contribution in [3.63, 3.8) is 0 Å². The molecule has 0 aromatic carbocycles. The lowest BCUT2D eigenvalue weighted by molar-refractivity contribution is 0.493. The molecule has 0 fully saturated rings. The summed E-state index contributed by atoms with van der Waals surface area (Å²) < 4.78 is 0. The van der Waals surface area contributed by atoms with Crippen LogP contribution in [0.3, 0.4) is 0 Å². The molecule has 2 aliphatic heterocycles. The zero-order valence-electron chi connectivity index (χ0n) is 9.09. The number of hydrogen-bond acceptors (Lipinski definition) is 4. The predicted octanol–water partition coefficient (Wildman–Crippen LogP) is 3.35. The lowest BCUT2D eigenvalue weighted by atomic mass is 9.94. The molecule has 1 unspecified atom stereocenters. The molecule has 0 N–H and O–H groups in total. The van der Waals surface area contributed by atoms with Gasteiger partial charge in [0.25, 0.3) is 0 Å². The number of aliphatic imine (C=N–C) groups is 1. The molecule has 0 amide bonds. The van der Waals surface area contributed by atoms with Gasteiger partial charge in [-0.25, -0.2) is 4.99 Å². The summed E-state index contributed by atoms with van der Waals surface area (Å²) >= 11 is 6.97. The Balaban J connectivity index is 1.91. The van der Waals surface area contributed by atoms with Crippen molar-refractivity contribution in [2.75, 3.05) is 0 Å². The fraction of sp³-hybridized carbons (Fsp3) is 0.455. The Bertz CT molecular complexity index is 572. The molecule has 6 heteroatoms. The molecule has 1 aromatic heterocycles. The Labute approximate surface area is 108 Å². The fourth-order valence-electron chi connectivity index (χ4n) is 2.68. The van der Waals surface area contributed by atoms with Gasteiger partial charge in [-0.2, -0.15) is 5.11 Å². The van der Waals surface area contributed by atoms with Crippen molar-refractivity contribution in [3.8, 4) is 0 Å². The normalized spacial score (nSPS) is 24.8. The van der Waals surface area contributed by atoms with Gasteiger partial charge in [-0.05, 0) is 43.5 Å². The Kier molecular flexibility index (Phi) is 1.99. The van der Waals surface area contributed by atoms with Gasteiger partial charge in [0.1, 0.15) is 11.3 Å². The van der Waals surface area contributed by atoms with E-state index in [1.165, 1.54) is 35.3 Å². The molecule has 0 spiro atoms. The molecule has 0 radical (unpaired) electrons. The van der Waals surface area contributed by atoms with Crippen molar-refractivity contribution in [2.45, 2.75) is 31.8 Å². The second kappa shape index (κ2) is 3.43. The van der Waals surface area contributed by atoms with Gasteiger partial charge in [0.05, 0.1) is 0 Å². The fourth-order valence-corrected chi connectivity index (χ4v) is 4.13. The number of thiophene rings is 1. The Morgan fingerprint density at radius 1 is 1.35 bits per heavy atom. The molecule has 0 saturated heterocycles. The number of fused-ring (bicyclic) bond motifs is 5. The number of hydrogen-bond donors (Lipinski definition) is 0. The van der Waals surface area contributed by atoms with Crippen LogP contribution in [0.5, 0.6) is 0 Å². The average molecular weight is 262 g/mol. The number of azo groups is 1. The molecule has 4 nitrogen and oxygen atoms in total. The Morgan fingerprint density at radius 2 is 2.24 bits per heavy atom. The molecule has 17 heavy (non-hydrogen) atoms. The summed E-state index contributed by atoms with van der Waals surface area (Å²) in [5.41, 5.74) is 2.72. The third-order valence-corrected chi connectivity index (χ3v) is 5.00. The highest BCUT2D eigenvalue weighted by atomic mass is 32.1. The maximum atomic E-state index is 5.15. The van der Waals surface area contributed by atoms with Gasteiger partial charge >= 0.3 is 0 Å². The van der Waals surface area contributed by atoms with Crippen molar-refractivity contribution in [1.29, 1.82) is 0 Å². The standard InChI is InChI=1S/C11H10N4S2/c16-11-14-13-9-8-6-3-1-2-4-7(6)17-10(8)12-5-15(9)11/h5,9H,1-4H2. The molecule has 0 saturated carbocycles. The van der Waals surface area contributed by atoms with E-state index in [1.54, 1.807) is 6.34 Å². The maximum Gasteiger partial charge on any atom is 0.223 e. The van der Waals surface area contributed by atoms with Crippen LogP contribution in [0, 0.1) is 0 Å². The molecular weight excluding hydrogens is 252 g/mol. The van der Waals surface area contributed by atoms with E-state index in [0.29, 0.717) is 5.11 Å². The van der Waals surface area contributed by atoms with Gasteiger partial charge in [0.15, 0.2) is 6.17 Å². The lowest BCUT2D eigenvalue weighted by Crippen LogP contribution is -2.28. The van der Waals surface area contributed by atoms with Gasteiger partial charge in [-0.3, -0.25) is 4.90 Å². The molecule has 3 aliphatic rings. The van der Waals surface area contributed by atoms with E-state index < -0.39 is 0 Å². The van der Waals surface area contributed by atoms with Gasteiger partial charge < -0.3 is 0 Å². The first-order chi connectivity index (χ1) is 8.34. The molecule has 0 bridgehead atoms. The highest BCUT2D eigenvalue weighted by Gasteiger charge is 2.36. The van der Waals surface area contributed by atoms with Gasteiger partial charge in [-0.1, -0.05) is 0 Å². The van der Waals surface area contributed by atoms with Gasteiger partial charge in [0.2, 0.25) is 5.11 Å². The molecular formula is C11H10N4S2. The lowest BCUT2D eigenvalue weighted by Gasteiger charge is -2.23. The van der Waals surface area contributed by atoms with Crippen molar-refractivity contribution < 1.29 is 0 Å². The largest absolute Gasteiger partial charge is 0.277 e. The summed E-state index contributed by atoms with van der Waals surface area (Å²) in [5.74, 6) is 0. The predicted molar refractivity (Wildman–Crippen MR) is 71.1 cm³/mol. The monoisotopic (exact) mass is 262 g/mol. The third kappa shape index (κ3) is 1.28. The minimum atomic E-state index is -0.0342. The van der Waals surface area contributed by atoms with Crippen LogP contribution in [0.4, 0.5) is 5.00 Å². The Morgan fingerprint density at radius 3 is 3.18 bits per heavy atom. The van der Waals surface area contributed by atoms with Crippen molar-refractivity contribution in [1.82, 2.24) is 4.90 Å². The summed E-state index contributed by atoms with van der Waals surface area (Å²) in [7, 11) is 0. The first kappa shape index (κ1) is 9.85. The SMILES string of the molecule is S=C1N=NC2c3c(sc4c3CCCC4)N=CN12. The smallest absolute Gasteiger partial charge is 0.223 e. The van der Waals surface area contributed by atoms with Crippen LogP contribution in [0.15, 0.2) is 15.2 Å². The summed E-state index contributed by atoms with van der Waals surface area (Å²) in [6.45, 7) is 0. The second-order valence-electron chi connectivity index (χ2n) is 4.45. The molecule has 4 rings (SSSR count). The van der Waals surface area contributed by atoms with Crippen LogP contribution < -0.4 is 0 Å². The van der Waals surface area contributed by atoms with E-state index in [0.717, 1.165) is 11.4 Å². The van der Waals surface area contributed by atoms with E-state index in [4.69, 9.17) is 12.2 Å². The molecule has 1 aromatic rings. The zero-order valence-corrected chi connectivity index (χ0v) is 10.7. The van der Waals surface area contributed by atoms with Crippen molar-refractivity contribution in [3.05, 3.63) is 16.0 Å². The van der Waals surface area contributed by atoms with Crippen molar-refractivity contribution >= 4 is 40.0 Å². The van der Waals surface area contributed by atoms with E-state index in [9.17, 15) is 0 Å². The van der Waals surface area contributed by atoms with Crippen LogP contribution in [0.1, 0.15) is 35.0 Å². The van der Waals surface area contributed by atoms with Crippen molar-refractivity contribution in [2.24, 2.45) is 15.2 Å². The van der Waals surface area contributed by atoms with Crippen LogP contribution in [-0.4, -0.2) is 16.4 Å². The van der Waals surface area contributed by atoms with E-state index in [2.05, 4.69) is 15.2 Å². The minimum absolute atomic E-state index is 0.0342. The molecule has 86 valence electrons. The Hall–Kier alpha value is -1.14. The minimum Gasteiger partial charge on any atom is -0.277 e. The second-order valence-corrected chi connectivity index (χ2v) is 5.90. The van der Waals surface area contributed by atoms with E-state index in [1.807, 2.05) is 16.2 Å². The molecule has 1 aliphatic carbocycles. The van der Waals surface area contributed by atoms with E-state index >= 15 is 0 Å². The highest BCUT2D eigenvalue weighted by molar-refractivity contribution is 7.80. The van der Waals surface area contributed by atoms with Crippen LogP contribution in [0.2, 0.25) is 0 Å². The quantitative estimate of drug-likeness (QED) is 0.673. The number of nitrogens with zero attached hydrogens (tertiary/aromatic N) is 4. The van der Waals surface area contributed by atoms with E-state index in [-0.39, 0.29) is 6.17 Å². The zero-order chi connectivity index (χ0) is 11.4. The third-order valence-electron chi connectivity index (χ3n) is 3.49. The topological polar surface area (TPSA) is 40.3 Å².